The lowest BCUT2D eigenvalue weighted by molar-refractivity contribution is 1.18. The van der Waals surface area contributed by atoms with Gasteiger partial charge in [0, 0.05) is 33.5 Å². The average molecular weight is 635 g/mol. The molecule has 0 fully saturated rings. The molecule has 0 saturated carbocycles. The molecule has 1 aromatic heterocycles. The molecule has 11 rings (SSSR count). The van der Waals surface area contributed by atoms with Crippen LogP contribution in [0.1, 0.15) is 0 Å². The average Bonchev–Trinajstić information content (AvgIpc) is 3.46. The molecular weight excluding hydrogens is 605 g/mol. The van der Waals surface area contributed by atoms with Gasteiger partial charge < -0.3 is 9.47 Å². The molecule has 0 radical (unpaired) electrons. The Morgan fingerprint density at radius 3 is 1.58 bits per heavy atom. The minimum absolute atomic E-state index is 1.12. The van der Waals surface area contributed by atoms with Crippen molar-refractivity contribution in [2.24, 2.45) is 0 Å². The van der Waals surface area contributed by atoms with Crippen molar-refractivity contribution < 1.29 is 0 Å². The van der Waals surface area contributed by atoms with E-state index in [0.29, 0.717) is 0 Å². The van der Waals surface area contributed by atoms with Gasteiger partial charge >= 0.3 is 0 Å². The predicted molar refractivity (Wildman–Crippen MR) is 210 cm³/mol. The third-order valence-electron chi connectivity index (χ3n) is 10.7. The second-order valence-corrected chi connectivity index (χ2v) is 13.3. The number of para-hydroxylation sites is 3. The van der Waals surface area contributed by atoms with E-state index in [1.54, 1.807) is 0 Å². The van der Waals surface area contributed by atoms with Crippen LogP contribution in [0.3, 0.4) is 0 Å². The summed E-state index contributed by atoms with van der Waals surface area (Å²) in [7, 11) is 0. The molecule has 0 spiro atoms. The van der Waals surface area contributed by atoms with E-state index in [0.717, 1.165) is 22.7 Å². The van der Waals surface area contributed by atoms with Crippen molar-refractivity contribution in [2.45, 2.75) is 0 Å². The fraction of sp³-hybridized carbons (Fsp3) is 0. The third-order valence-corrected chi connectivity index (χ3v) is 10.7. The van der Waals surface area contributed by atoms with Crippen LogP contribution in [0.4, 0.5) is 17.1 Å². The van der Waals surface area contributed by atoms with Crippen LogP contribution in [0.25, 0.3) is 83.1 Å². The van der Waals surface area contributed by atoms with E-state index in [-0.39, 0.29) is 0 Å². The highest BCUT2D eigenvalue weighted by atomic mass is 15.1. The monoisotopic (exact) mass is 634 g/mol. The first-order valence-corrected chi connectivity index (χ1v) is 17.3. The van der Waals surface area contributed by atoms with E-state index < -0.39 is 0 Å². The maximum absolute atomic E-state index is 2.43. The number of benzene rings is 8. The van der Waals surface area contributed by atoms with Crippen LogP contribution >= 0.6 is 0 Å². The van der Waals surface area contributed by atoms with Gasteiger partial charge in [-0.15, -0.1) is 0 Å². The molecule has 0 aliphatic heterocycles. The summed E-state index contributed by atoms with van der Waals surface area (Å²) < 4.78 is 2.38. The zero-order chi connectivity index (χ0) is 32.8. The molecule has 232 valence electrons. The number of hydrogen-bond acceptors (Lipinski definition) is 1. The Morgan fingerprint density at radius 2 is 0.820 bits per heavy atom. The van der Waals surface area contributed by atoms with Gasteiger partial charge in [-0.1, -0.05) is 121 Å². The molecule has 2 aliphatic carbocycles. The van der Waals surface area contributed by atoms with Crippen molar-refractivity contribution in [2.75, 3.05) is 4.90 Å². The summed E-state index contributed by atoms with van der Waals surface area (Å²) in [6, 6.07) is 66.8. The van der Waals surface area contributed by atoms with Crippen LogP contribution < -0.4 is 4.90 Å². The Balaban J connectivity index is 1.17. The Hall–Kier alpha value is -6.64. The summed E-state index contributed by atoms with van der Waals surface area (Å²) in [5.41, 5.74) is 19.9. The molecule has 2 heteroatoms. The van der Waals surface area contributed by atoms with Gasteiger partial charge in [0.15, 0.2) is 0 Å². The molecule has 8 aromatic carbocycles. The highest BCUT2D eigenvalue weighted by Crippen LogP contribution is 2.57. The topological polar surface area (TPSA) is 8.17 Å². The summed E-state index contributed by atoms with van der Waals surface area (Å²) in [6.45, 7) is 0. The largest absolute Gasteiger partial charge is 0.310 e. The summed E-state index contributed by atoms with van der Waals surface area (Å²) in [6.07, 6.45) is 0. The molecule has 0 unspecified atom stereocenters. The maximum atomic E-state index is 2.43. The molecule has 2 aliphatic rings. The minimum Gasteiger partial charge on any atom is -0.310 e. The van der Waals surface area contributed by atoms with Crippen LogP contribution in [0, 0.1) is 0 Å². The molecule has 9 aromatic rings. The molecule has 6 bridgehead atoms. The fourth-order valence-corrected chi connectivity index (χ4v) is 8.61. The normalized spacial score (nSPS) is 12.0. The lowest BCUT2D eigenvalue weighted by Crippen LogP contribution is -2.10. The summed E-state index contributed by atoms with van der Waals surface area (Å²) in [5, 5.41) is 2.48. The molecule has 1 heterocycles. The van der Waals surface area contributed by atoms with E-state index >= 15 is 0 Å². The van der Waals surface area contributed by atoms with Gasteiger partial charge in [-0.05, 0) is 116 Å². The Labute approximate surface area is 290 Å². The van der Waals surface area contributed by atoms with Crippen LogP contribution in [0.5, 0.6) is 0 Å². The molecule has 0 atom stereocenters. The van der Waals surface area contributed by atoms with Crippen molar-refractivity contribution in [3.63, 3.8) is 0 Å². The number of nitrogens with zero attached hydrogens (tertiary/aromatic N) is 2. The number of fused-ring (bicyclic) bond motifs is 7. The number of anilines is 3. The number of rotatable bonds is 4. The van der Waals surface area contributed by atoms with Crippen molar-refractivity contribution in [3.8, 4) is 61.3 Å². The van der Waals surface area contributed by atoms with Gasteiger partial charge in [0.2, 0.25) is 0 Å². The SMILES string of the molecule is c1ccc(N(c2ccc3c(c2)-c2c4cccc2-c2cccc-3c2-c2ccccc2-4)c2ccc3c(c2)c2ccccc2n3-c2ccccc2)cc1. The zero-order valence-corrected chi connectivity index (χ0v) is 27.2. The van der Waals surface area contributed by atoms with Gasteiger partial charge in [-0.2, -0.15) is 0 Å². The maximum Gasteiger partial charge on any atom is 0.0542 e. The molecule has 0 amide bonds. The Morgan fingerprint density at radius 1 is 0.300 bits per heavy atom. The van der Waals surface area contributed by atoms with Gasteiger partial charge in [0.1, 0.15) is 0 Å². The van der Waals surface area contributed by atoms with E-state index in [1.165, 1.54) is 77.4 Å². The Bertz CT molecular complexity index is 2790. The van der Waals surface area contributed by atoms with Crippen molar-refractivity contribution in [1.29, 1.82) is 0 Å². The zero-order valence-electron chi connectivity index (χ0n) is 27.2. The van der Waals surface area contributed by atoms with E-state index in [1.807, 2.05) is 0 Å². The molecule has 0 N–H and O–H groups in total. The molecule has 2 nitrogen and oxygen atoms in total. The van der Waals surface area contributed by atoms with Crippen molar-refractivity contribution >= 4 is 38.9 Å². The number of hydrogen-bond donors (Lipinski definition) is 0. The molecule has 50 heavy (non-hydrogen) atoms. The van der Waals surface area contributed by atoms with E-state index in [4.69, 9.17) is 0 Å². The van der Waals surface area contributed by atoms with Gasteiger partial charge in [0.25, 0.3) is 0 Å². The van der Waals surface area contributed by atoms with Gasteiger partial charge in [0.05, 0.1) is 11.0 Å². The summed E-state index contributed by atoms with van der Waals surface area (Å²) in [4.78, 5) is 2.41. The lowest BCUT2D eigenvalue weighted by atomic mass is 9.83. The smallest absolute Gasteiger partial charge is 0.0542 e. The van der Waals surface area contributed by atoms with Crippen molar-refractivity contribution in [1.82, 2.24) is 4.57 Å². The predicted octanol–water partition coefficient (Wildman–Crippen LogP) is 13.2. The summed E-state index contributed by atoms with van der Waals surface area (Å²) in [5.74, 6) is 0. The van der Waals surface area contributed by atoms with E-state index in [9.17, 15) is 0 Å². The second-order valence-electron chi connectivity index (χ2n) is 13.3. The highest BCUT2D eigenvalue weighted by molar-refractivity contribution is 6.15. The van der Waals surface area contributed by atoms with Crippen LogP contribution in [-0.2, 0) is 0 Å². The van der Waals surface area contributed by atoms with Crippen molar-refractivity contribution in [3.05, 3.63) is 182 Å². The quantitative estimate of drug-likeness (QED) is 0.187. The standard InChI is InChI=1S/C48H30N2/c1-3-13-31(14-4-1)49(34-26-28-46-43(29-34)37-18-9-10-24-45(37)50(46)32-15-5-2-6-16-32)33-25-27-36-40-21-12-22-41-42-23-11-20-39(48(42)44(36)30-33)35-17-7-8-19-38(35)47(40)41/h1-30H. The first-order chi connectivity index (χ1) is 24.8. The third kappa shape index (κ3) is 3.79. The number of aromatic nitrogens is 1. The Kier molecular flexibility index (Phi) is 5.70. The highest BCUT2D eigenvalue weighted by Gasteiger charge is 2.31. The fourth-order valence-electron chi connectivity index (χ4n) is 8.61. The molecular formula is C48H30N2. The van der Waals surface area contributed by atoms with Crippen LogP contribution in [-0.4, -0.2) is 4.57 Å². The minimum atomic E-state index is 1.12. The van der Waals surface area contributed by atoms with Crippen LogP contribution in [0.2, 0.25) is 0 Å². The first-order valence-electron chi connectivity index (χ1n) is 17.3. The lowest BCUT2D eigenvalue weighted by Gasteiger charge is -2.28. The second kappa shape index (κ2) is 10.4. The summed E-state index contributed by atoms with van der Waals surface area (Å²) >= 11 is 0. The molecule has 0 saturated heterocycles. The van der Waals surface area contributed by atoms with Crippen LogP contribution in [0.15, 0.2) is 182 Å². The van der Waals surface area contributed by atoms with Gasteiger partial charge in [-0.3, -0.25) is 0 Å². The first kappa shape index (κ1) is 27.3. The van der Waals surface area contributed by atoms with E-state index in [2.05, 4.69) is 191 Å². The van der Waals surface area contributed by atoms with Gasteiger partial charge in [-0.25, -0.2) is 0 Å².